The van der Waals surface area contributed by atoms with Crippen LogP contribution in [0.2, 0.25) is 5.02 Å². The molecule has 0 aliphatic carbocycles. The minimum absolute atomic E-state index is 0.324. The molecular weight excluding hydrogens is 479 g/mol. The lowest BCUT2D eigenvalue weighted by atomic mass is 10.1. The number of likely N-dealkylation sites (tertiary alicyclic amines) is 1. The van der Waals surface area contributed by atoms with Crippen LogP contribution in [0.3, 0.4) is 0 Å². The van der Waals surface area contributed by atoms with Gasteiger partial charge in [0.25, 0.3) is 0 Å². The van der Waals surface area contributed by atoms with Gasteiger partial charge >= 0.3 is 6.18 Å². The molecule has 1 fully saturated rings. The van der Waals surface area contributed by atoms with Crippen LogP contribution < -0.4 is 10.1 Å². The summed E-state index contributed by atoms with van der Waals surface area (Å²) < 4.78 is 47.3. The average Bonchev–Trinajstić information content (AvgIpc) is 3.49. The number of aromatic nitrogens is 3. The first-order valence-corrected chi connectivity index (χ1v) is 11.7. The molecule has 0 spiro atoms. The van der Waals surface area contributed by atoms with Crippen molar-refractivity contribution in [1.82, 2.24) is 19.5 Å². The summed E-state index contributed by atoms with van der Waals surface area (Å²) in [6.45, 7) is 3.85. The van der Waals surface area contributed by atoms with E-state index in [1.54, 1.807) is 18.2 Å². The molecule has 4 aromatic rings. The zero-order chi connectivity index (χ0) is 24.4. The standard InChI is InChI=1S/C25H23ClF3N5O/c26-21-11-6-17(16-20(21)25(27,28)29)22-4-3-5-23-31-24(32-34(22)23)30-18-7-9-19(10-8-18)35-15-14-33-12-1-2-13-33/h3-11,16H,1-2,12-15H2,(H,30,32). The number of hydrogen-bond donors (Lipinski definition) is 1. The molecular formula is C25H23ClF3N5O. The molecule has 0 radical (unpaired) electrons. The van der Waals surface area contributed by atoms with Crippen molar-refractivity contribution < 1.29 is 17.9 Å². The van der Waals surface area contributed by atoms with E-state index >= 15 is 0 Å². The molecule has 6 nitrogen and oxygen atoms in total. The van der Waals surface area contributed by atoms with E-state index in [2.05, 4.69) is 20.3 Å². The zero-order valence-corrected chi connectivity index (χ0v) is 19.5. The summed E-state index contributed by atoms with van der Waals surface area (Å²) in [4.78, 5) is 6.85. The number of hydrogen-bond acceptors (Lipinski definition) is 5. The molecule has 5 rings (SSSR count). The van der Waals surface area contributed by atoms with Gasteiger partial charge in [-0.25, -0.2) is 4.52 Å². The number of ether oxygens (including phenoxy) is 1. The molecule has 3 heterocycles. The Labute approximate surface area is 205 Å². The van der Waals surface area contributed by atoms with E-state index in [1.807, 2.05) is 24.3 Å². The molecule has 0 amide bonds. The Kier molecular flexibility index (Phi) is 6.53. The van der Waals surface area contributed by atoms with Gasteiger partial charge in [-0.05, 0) is 74.5 Å². The van der Waals surface area contributed by atoms with Gasteiger partial charge in [-0.1, -0.05) is 23.7 Å². The third kappa shape index (κ3) is 5.36. The second-order valence-corrected chi connectivity index (χ2v) is 8.76. The van der Waals surface area contributed by atoms with Crippen LogP contribution in [-0.2, 0) is 6.18 Å². The number of pyridine rings is 1. The highest BCUT2D eigenvalue weighted by Gasteiger charge is 2.33. The Hall–Kier alpha value is -3.30. The highest BCUT2D eigenvalue weighted by atomic mass is 35.5. The molecule has 0 atom stereocenters. The van der Waals surface area contributed by atoms with E-state index in [0.717, 1.165) is 37.1 Å². The van der Waals surface area contributed by atoms with Crippen LogP contribution in [-0.4, -0.2) is 45.7 Å². The largest absolute Gasteiger partial charge is 0.492 e. The predicted molar refractivity (Wildman–Crippen MR) is 129 cm³/mol. The van der Waals surface area contributed by atoms with Gasteiger partial charge in [-0.3, -0.25) is 4.90 Å². The molecule has 0 unspecified atom stereocenters. The molecule has 10 heteroatoms. The van der Waals surface area contributed by atoms with Gasteiger partial charge in [0.2, 0.25) is 5.95 Å². The van der Waals surface area contributed by atoms with Crippen molar-refractivity contribution in [2.24, 2.45) is 0 Å². The topological polar surface area (TPSA) is 54.7 Å². The molecule has 1 N–H and O–H groups in total. The fourth-order valence-corrected chi connectivity index (χ4v) is 4.37. The van der Waals surface area contributed by atoms with Crippen molar-refractivity contribution in [1.29, 1.82) is 0 Å². The maximum Gasteiger partial charge on any atom is 0.417 e. The number of benzene rings is 2. The van der Waals surface area contributed by atoms with Crippen molar-refractivity contribution in [2.45, 2.75) is 19.0 Å². The molecule has 1 saturated heterocycles. The number of anilines is 2. The van der Waals surface area contributed by atoms with Crippen molar-refractivity contribution in [2.75, 3.05) is 31.6 Å². The van der Waals surface area contributed by atoms with Crippen LogP contribution in [0.1, 0.15) is 18.4 Å². The molecule has 2 aromatic carbocycles. The quantitative estimate of drug-likeness (QED) is 0.323. The third-order valence-corrected chi connectivity index (χ3v) is 6.24. The lowest BCUT2D eigenvalue weighted by Gasteiger charge is -2.15. The lowest BCUT2D eigenvalue weighted by molar-refractivity contribution is -0.137. The number of nitrogens with one attached hydrogen (secondary N) is 1. The summed E-state index contributed by atoms with van der Waals surface area (Å²) >= 11 is 5.77. The lowest BCUT2D eigenvalue weighted by Crippen LogP contribution is -2.25. The van der Waals surface area contributed by atoms with E-state index in [9.17, 15) is 13.2 Å². The number of rotatable bonds is 7. The van der Waals surface area contributed by atoms with Crippen LogP contribution in [0.15, 0.2) is 60.7 Å². The highest BCUT2D eigenvalue weighted by molar-refractivity contribution is 6.31. The highest BCUT2D eigenvalue weighted by Crippen LogP contribution is 2.37. The third-order valence-electron chi connectivity index (χ3n) is 5.91. The first-order valence-electron chi connectivity index (χ1n) is 11.3. The number of nitrogens with zero attached hydrogens (tertiary/aromatic N) is 4. The van der Waals surface area contributed by atoms with E-state index in [0.29, 0.717) is 29.5 Å². The van der Waals surface area contributed by atoms with E-state index < -0.39 is 11.7 Å². The van der Waals surface area contributed by atoms with Gasteiger partial charge in [0, 0.05) is 17.8 Å². The van der Waals surface area contributed by atoms with Gasteiger partial charge in [-0.15, -0.1) is 5.10 Å². The van der Waals surface area contributed by atoms with Crippen LogP contribution in [0.5, 0.6) is 5.75 Å². The van der Waals surface area contributed by atoms with Crippen molar-refractivity contribution in [3.8, 4) is 17.0 Å². The molecule has 0 bridgehead atoms. The summed E-state index contributed by atoms with van der Waals surface area (Å²) in [6.07, 6.45) is -2.04. The number of halogens is 4. The normalized spacial score (nSPS) is 14.5. The van der Waals surface area contributed by atoms with E-state index in [-0.39, 0.29) is 5.02 Å². The van der Waals surface area contributed by atoms with Gasteiger partial charge in [0.15, 0.2) is 5.65 Å². The Balaban J connectivity index is 1.31. The molecule has 0 saturated carbocycles. The molecule has 182 valence electrons. The van der Waals surface area contributed by atoms with Crippen molar-refractivity contribution in [3.05, 3.63) is 71.2 Å². The van der Waals surface area contributed by atoms with Crippen molar-refractivity contribution in [3.63, 3.8) is 0 Å². The molecule has 1 aliphatic heterocycles. The van der Waals surface area contributed by atoms with Crippen LogP contribution in [0, 0.1) is 0 Å². The van der Waals surface area contributed by atoms with Crippen LogP contribution in [0.25, 0.3) is 16.9 Å². The van der Waals surface area contributed by atoms with Gasteiger partial charge in [-0.2, -0.15) is 18.2 Å². The maximum atomic E-state index is 13.3. The summed E-state index contributed by atoms with van der Waals surface area (Å²) in [6, 6.07) is 16.4. The zero-order valence-electron chi connectivity index (χ0n) is 18.7. The predicted octanol–water partition coefficient (Wildman–Crippen LogP) is 6.29. The number of fused-ring (bicyclic) bond motifs is 1. The van der Waals surface area contributed by atoms with Crippen LogP contribution >= 0.6 is 11.6 Å². The Bertz CT molecular complexity index is 1320. The van der Waals surface area contributed by atoms with Gasteiger partial charge in [0.1, 0.15) is 12.4 Å². The fourth-order valence-electron chi connectivity index (χ4n) is 4.14. The molecule has 1 aliphatic rings. The van der Waals surface area contributed by atoms with Gasteiger partial charge < -0.3 is 10.1 Å². The summed E-state index contributed by atoms with van der Waals surface area (Å²) in [7, 11) is 0. The second-order valence-electron chi connectivity index (χ2n) is 8.36. The van der Waals surface area contributed by atoms with E-state index in [4.69, 9.17) is 16.3 Å². The maximum absolute atomic E-state index is 13.3. The van der Waals surface area contributed by atoms with E-state index in [1.165, 1.54) is 29.5 Å². The first-order chi connectivity index (χ1) is 16.9. The molecule has 35 heavy (non-hydrogen) atoms. The van der Waals surface area contributed by atoms with Crippen LogP contribution in [0.4, 0.5) is 24.8 Å². The van der Waals surface area contributed by atoms with Gasteiger partial charge in [0.05, 0.1) is 16.3 Å². The smallest absolute Gasteiger partial charge is 0.417 e. The Morgan fingerprint density at radius 2 is 1.77 bits per heavy atom. The monoisotopic (exact) mass is 501 g/mol. The fraction of sp³-hybridized carbons (Fsp3) is 0.280. The summed E-state index contributed by atoms with van der Waals surface area (Å²) in [5.41, 5.74) is 1.16. The Morgan fingerprint density at radius 3 is 2.51 bits per heavy atom. The summed E-state index contributed by atoms with van der Waals surface area (Å²) in [5.74, 6) is 1.10. The summed E-state index contributed by atoms with van der Waals surface area (Å²) in [5, 5.41) is 7.25. The Morgan fingerprint density at radius 1 is 1.00 bits per heavy atom. The second kappa shape index (κ2) is 9.75. The molecule has 2 aromatic heterocycles. The SMILES string of the molecule is FC(F)(F)c1cc(-c2cccc3nc(Nc4ccc(OCCN5CCCC5)cc4)nn23)ccc1Cl. The van der Waals surface area contributed by atoms with Crippen molar-refractivity contribution >= 4 is 28.9 Å². The first kappa shape index (κ1) is 23.4. The average molecular weight is 502 g/mol. The number of alkyl halides is 3. The minimum Gasteiger partial charge on any atom is -0.492 e. The minimum atomic E-state index is -4.56.